The molecule has 2 atom stereocenters. The third-order valence-corrected chi connectivity index (χ3v) is 3.48. The molecule has 2 aliphatic heterocycles. The minimum Gasteiger partial charge on any atom is -0.354 e. The number of hydrogen-bond donors (Lipinski definition) is 1. The molecule has 1 aromatic heterocycles. The first-order chi connectivity index (χ1) is 7.74. The summed E-state index contributed by atoms with van der Waals surface area (Å²) in [4.78, 5) is 5.76. The standard InChI is InChI=1S/C11H13F2N3/c12-9-1-10(13)11(15-4-9)16-5-7-2-14-3-8(7)6-16/h1,4,7-8,14H,2-3,5-6H2/t7-,8+. The van der Waals surface area contributed by atoms with E-state index in [9.17, 15) is 8.78 Å². The highest BCUT2D eigenvalue weighted by atomic mass is 19.1. The molecule has 0 amide bonds. The Bertz CT molecular complexity index is 398. The summed E-state index contributed by atoms with van der Waals surface area (Å²) in [7, 11) is 0. The largest absolute Gasteiger partial charge is 0.354 e. The smallest absolute Gasteiger partial charge is 0.168 e. The number of fused-ring (bicyclic) bond motifs is 1. The minimum atomic E-state index is -0.623. The highest BCUT2D eigenvalue weighted by Gasteiger charge is 2.37. The van der Waals surface area contributed by atoms with Crippen LogP contribution in [-0.2, 0) is 0 Å². The van der Waals surface area contributed by atoms with Crippen molar-refractivity contribution in [3.8, 4) is 0 Å². The van der Waals surface area contributed by atoms with Crippen LogP contribution in [0.25, 0.3) is 0 Å². The lowest BCUT2D eigenvalue weighted by Gasteiger charge is -2.18. The van der Waals surface area contributed by atoms with Crippen molar-refractivity contribution >= 4 is 5.82 Å². The van der Waals surface area contributed by atoms with Gasteiger partial charge in [-0.15, -0.1) is 0 Å². The number of pyridine rings is 1. The van der Waals surface area contributed by atoms with Crippen LogP contribution in [0.3, 0.4) is 0 Å². The molecule has 0 unspecified atom stereocenters. The maximum absolute atomic E-state index is 13.5. The van der Waals surface area contributed by atoms with Gasteiger partial charge in [0.2, 0.25) is 0 Å². The Hall–Kier alpha value is -1.23. The zero-order valence-corrected chi connectivity index (χ0v) is 8.79. The summed E-state index contributed by atoms with van der Waals surface area (Å²) in [5, 5.41) is 3.32. The average Bonchev–Trinajstić information content (AvgIpc) is 2.76. The van der Waals surface area contributed by atoms with Crippen molar-refractivity contribution in [2.45, 2.75) is 0 Å². The van der Waals surface area contributed by atoms with Crippen molar-refractivity contribution in [2.24, 2.45) is 11.8 Å². The summed E-state index contributed by atoms with van der Waals surface area (Å²) >= 11 is 0. The lowest BCUT2D eigenvalue weighted by molar-refractivity contribution is 0.533. The molecular formula is C11H13F2N3. The molecule has 3 nitrogen and oxygen atoms in total. The summed E-state index contributed by atoms with van der Waals surface area (Å²) < 4.78 is 26.3. The Morgan fingerprint density at radius 1 is 1.25 bits per heavy atom. The Morgan fingerprint density at radius 2 is 1.94 bits per heavy atom. The van der Waals surface area contributed by atoms with Gasteiger partial charge < -0.3 is 10.2 Å². The van der Waals surface area contributed by atoms with Gasteiger partial charge in [0, 0.05) is 32.2 Å². The van der Waals surface area contributed by atoms with Crippen LogP contribution in [0.4, 0.5) is 14.6 Å². The first-order valence-corrected chi connectivity index (χ1v) is 5.51. The van der Waals surface area contributed by atoms with Gasteiger partial charge in [-0.1, -0.05) is 0 Å². The summed E-state index contributed by atoms with van der Waals surface area (Å²) in [6.45, 7) is 3.61. The van der Waals surface area contributed by atoms with E-state index in [0.29, 0.717) is 11.8 Å². The Kier molecular flexibility index (Phi) is 2.28. The maximum Gasteiger partial charge on any atom is 0.168 e. The molecule has 2 aliphatic rings. The van der Waals surface area contributed by atoms with E-state index in [0.717, 1.165) is 38.4 Å². The van der Waals surface area contributed by atoms with Crippen LogP contribution in [0.2, 0.25) is 0 Å². The van der Waals surface area contributed by atoms with Crippen LogP contribution in [0, 0.1) is 23.5 Å². The fourth-order valence-corrected chi connectivity index (χ4v) is 2.67. The van der Waals surface area contributed by atoms with Gasteiger partial charge in [-0.25, -0.2) is 13.8 Å². The Labute approximate surface area is 92.5 Å². The van der Waals surface area contributed by atoms with E-state index in [1.165, 1.54) is 0 Å². The third-order valence-electron chi connectivity index (χ3n) is 3.48. The van der Waals surface area contributed by atoms with Crippen molar-refractivity contribution in [1.82, 2.24) is 10.3 Å². The lowest BCUT2D eigenvalue weighted by Crippen LogP contribution is -2.27. The van der Waals surface area contributed by atoms with Crippen LogP contribution < -0.4 is 10.2 Å². The van der Waals surface area contributed by atoms with Crippen molar-refractivity contribution < 1.29 is 8.78 Å². The first kappa shape index (κ1) is 9.96. The van der Waals surface area contributed by atoms with E-state index in [-0.39, 0.29) is 5.82 Å². The van der Waals surface area contributed by atoms with Gasteiger partial charge >= 0.3 is 0 Å². The van der Waals surface area contributed by atoms with Crippen molar-refractivity contribution in [2.75, 3.05) is 31.1 Å². The highest BCUT2D eigenvalue weighted by Crippen LogP contribution is 2.30. The number of rotatable bonds is 1. The molecule has 0 aromatic carbocycles. The molecule has 5 heteroatoms. The molecule has 3 heterocycles. The monoisotopic (exact) mass is 225 g/mol. The molecule has 86 valence electrons. The number of hydrogen-bond acceptors (Lipinski definition) is 3. The fourth-order valence-electron chi connectivity index (χ4n) is 2.67. The first-order valence-electron chi connectivity index (χ1n) is 5.51. The van der Waals surface area contributed by atoms with Crippen LogP contribution in [0.1, 0.15) is 0 Å². The normalized spacial score (nSPS) is 28.5. The molecular weight excluding hydrogens is 212 g/mol. The molecule has 2 saturated heterocycles. The summed E-state index contributed by atoms with van der Waals surface area (Å²) in [6.07, 6.45) is 1.07. The Balaban J connectivity index is 1.83. The fraction of sp³-hybridized carbons (Fsp3) is 0.545. The van der Waals surface area contributed by atoms with Crippen LogP contribution in [0.15, 0.2) is 12.3 Å². The molecule has 0 radical (unpaired) electrons. The van der Waals surface area contributed by atoms with Gasteiger partial charge in [0.05, 0.1) is 6.20 Å². The number of anilines is 1. The third kappa shape index (κ3) is 1.55. The number of halogens is 2. The van der Waals surface area contributed by atoms with Gasteiger partial charge in [-0.05, 0) is 11.8 Å². The Morgan fingerprint density at radius 3 is 2.56 bits per heavy atom. The molecule has 2 fully saturated rings. The number of aromatic nitrogens is 1. The molecule has 0 saturated carbocycles. The topological polar surface area (TPSA) is 28.2 Å². The molecule has 16 heavy (non-hydrogen) atoms. The van der Waals surface area contributed by atoms with Gasteiger partial charge in [-0.2, -0.15) is 0 Å². The minimum absolute atomic E-state index is 0.288. The van der Waals surface area contributed by atoms with Gasteiger partial charge in [0.25, 0.3) is 0 Å². The summed E-state index contributed by atoms with van der Waals surface area (Å²) in [5.74, 6) is 0.253. The van der Waals surface area contributed by atoms with E-state index in [4.69, 9.17) is 0 Å². The van der Waals surface area contributed by atoms with Crippen LogP contribution in [0.5, 0.6) is 0 Å². The second-order valence-corrected chi connectivity index (χ2v) is 4.54. The van der Waals surface area contributed by atoms with E-state index in [1.54, 1.807) is 0 Å². The molecule has 0 aliphatic carbocycles. The lowest BCUT2D eigenvalue weighted by atomic mass is 10.0. The SMILES string of the molecule is Fc1cnc(N2C[C@H]3CNC[C@H]3C2)c(F)c1. The van der Waals surface area contributed by atoms with E-state index in [2.05, 4.69) is 10.3 Å². The predicted molar refractivity (Wildman–Crippen MR) is 56.2 cm³/mol. The zero-order valence-electron chi connectivity index (χ0n) is 8.79. The predicted octanol–water partition coefficient (Wildman–Crippen LogP) is 1.02. The van der Waals surface area contributed by atoms with Crippen molar-refractivity contribution in [3.05, 3.63) is 23.9 Å². The molecule has 1 aromatic rings. The molecule has 3 rings (SSSR count). The molecule has 1 N–H and O–H groups in total. The molecule has 0 spiro atoms. The van der Waals surface area contributed by atoms with Gasteiger partial charge in [-0.3, -0.25) is 0 Å². The quantitative estimate of drug-likeness (QED) is 0.773. The van der Waals surface area contributed by atoms with E-state index >= 15 is 0 Å². The second-order valence-electron chi connectivity index (χ2n) is 4.54. The number of nitrogens with one attached hydrogen (secondary N) is 1. The van der Waals surface area contributed by atoms with Crippen LogP contribution in [-0.4, -0.2) is 31.2 Å². The van der Waals surface area contributed by atoms with Crippen molar-refractivity contribution in [1.29, 1.82) is 0 Å². The van der Waals surface area contributed by atoms with Crippen LogP contribution >= 0.6 is 0 Å². The summed E-state index contributed by atoms with van der Waals surface area (Å²) in [6, 6.07) is 0.898. The van der Waals surface area contributed by atoms with Gasteiger partial charge in [0.1, 0.15) is 5.82 Å². The number of nitrogens with zero attached hydrogens (tertiary/aromatic N) is 2. The summed E-state index contributed by atoms with van der Waals surface area (Å²) in [5.41, 5.74) is 0. The van der Waals surface area contributed by atoms with E-state index in [1.807, 2.05) is 4.90 Å². The highest BCUT2D eigenvalue weighted by molar-refractivity contribution is 5.41. The molecule has 0 bridgehead atoms. The second kappa shape index (κ2) is 3.66. The average molecular weight is 225 g/mol. The van der Waals surface area contributed by atoms with Gasteiger partial charge in [0.15, 0.2) is 11.6 Å². The van der Waals surface area contributed by atoms with E-state index < -0.39 is 11.6 Å². The van der Waals surface area contributed by atoms with Crippen molar-refractivity contribution in [3.63, 3.8) is 0 Å². The zero-order chi connectivity index (χ0) is 11.1. The maximum atomic E-state index is 13.5.